The van der Waals surface area contributed by atoms with E-state index in [1.165, 1.54) is 13.8 Å². The highest BCUT2D eigenvalue weighted by Gasteiger charge is 2.22. The second kappa shape index (κ2) is 12.9. The van der Waals surface area contributed by atoms with E-state index in [-0.39, 0.29) is 11.9 Å². The fraction of sp³-hybridized carbons (Fsp3) is 0.278. The molecule has 6 nitrogen and oxygen atoms in total. The summed E-state index contributed by atoms with van der Waals surface area (Å²) < 4.78 is 24.3. The third-order valence-electron chi connectivity index (χ3n) is 7.31. The lowest BCUT2D eigenvalue weighted by Gasteiger charge is -2.21. The number of carbonyl (C=O) groups excluding carboxylic acids is 2. The van der Waals surface area contributed by atoms with Gasteiger partial charge in [-0.1, -0.05) is 72.8 Å². The first-order valence-electron chi connectivity index (χ1n) is 14.4. The first-order chi connectivity index (χ1) is 20.4. The number of ether oxygens (including phenoxy) is 4. The molecule has 0 saturated carbocycles. The lowest BCUT2D eigenvalue weighted by atomic mass is 9.91. The Morgan fingerprint density at radius 2 is 0.714 bits per heavy atom. The normalized spacial score (nSPS) is 12.3. The van der Waals surface area contributed by atoms with Gasteiger partial charge in [0.15, 0.2) is 0 Å². The third kappa shape index (κ3) is 6.33. The molecule has 0 amide bonds. The Labute approximate surface area is 247 Å². The zero-order chi connectivity index (χ0) is 29.6. The molecule has 42 heavy (non-hydrogen) atoms. The Morgan fingerprint density at radius 3 is 0.929 bits per heavy atom. The van der Waals surface area contributed by atoms with Crippen LogP contribution in [0.4, 0.5) is 0 Å². The maximum absolute atomic E-state index is 12.3. The topological polar surface area (TPSA) is 71.1 Å². The molecule has 0 spiro atoms. The minimum Gasteiger partial charge on any atom is -0.493 e. The number of hydrogen-bond donors (Lipinski definition) is 0. The van der Waals surface area contributed by atoms with Gasteiger partial charge in [-0.3, -0.25) is 9.59 Å². The van der Waals surface area contributed by atoms with Crippen molar-refractivity contribution in [2.45, 2.75) is 53.4 Å². The van der Waals surface area contributed by atoms with E-state index in [9.17, 15) is 9.59 Å². The molecule has 0 fully saturated rings. The van der Waals surface area contributed by atoms with Crippen molar-refractivity contribution in [1.29, 1.82) is 0 Å². The molecule has 0 atom stereocenters. The van der Waals surface area contributed by atoms with Gasteiger partial charge in [-0.2, -0.15) is 0 Å². The second-order valence-electron chi connectivity index (χ2n) is 10.4. The maximum Gasteiger partial charge on any atom is 0.308 e. The van der Waals surface area contributed by atoms with Gasteiger partial charge in [0.2, 0.25) is 0 Å². The molecular formula is C36H36O6. The van der Waals surface area contributed by atoms with Crippen molar-refractivity contribution < 1.29 is 28.5 Å². The lowest BCUT2D eigenvalue weighted by Crippen LogP contribution is -2.11. The van der Waals surface area contributed by atoms with Crippen LogP contribution in [0.1, 0.15) is 72.2 Å². The van der Waals surface area contributed by atoms with Crippen molar-refractivity contribution in [3.63, 3.8) is 0 Å². The molecule has 0 N–H and O–H groups in total. The maximum atomic E-state index is 12.3. The second-order valence-corrected chi connectivity index (χ2v) is 10.4. The van der Waals surface area contributed by atoms with Crippen LogP contribution in [-0.2, 0) is 35.3 Å². The summed E-state index contributed by atoms with van der Waals surface area (Å²) in [5.41, 5.74) is 7.50. The molecule has 0 radical (unpaired) electrons. The SMILES string of the molecule is CCOc1c2cccc1Cc1cccc(c1OC(C)=O)Cc1cccc(c1OCC)Cc1cccc(c1OC(C)=O)C2. The standard InChI is InChI=1S/C36H36O6/c1-5-39-33-25-11-7-12-26(33)20-30-16-10-18-32(36(30)42-24(4)38)22-28-14-8-13-27(34(28)40-6-2)21-31-17-9-15-29(19-25)35(31)41-23(3)37/h7-18H,5-6,19-22H2,1-4H3. The van der Waals surface area contributed by atoms with Gasteiger partial charge in [-0.15, -0.1) is 0 Å². The fourth-order valence-corrected chi connectivity index (χ4v) is 5.70. The third-order valence-corrected chi connectivity index (χ3v) is 7.31. The Balaban J connectivity index is 1.78. The van der Waals surface area contributed by atoms with Crippen molar-refractivity contribution in [2.24, 2.45) is 0 Å². The molecule has 8 bridgehead atoms. The summed E-state index contributed by atoms with van der Waals surface area (Å²) in [4.78, 5) is 24.6. The Morgan fingerprint density at radius 1 is 0.476 bits per heavy atom. The minimum atomic E-state index is -0.368. The average molecular weight is 565 g/mol. The van der Waals surface area contributed by atoms with Gasteiger partial charge in [0, 0.05) is 39.5 Å². The summed E-state index contributed by atoms with van der Waals surface area (Å²) >= 11 is 0. The highest BCUT2D eigenvalue weighted by Crippen LogP contribution is 2.38. The molecule has 4 aromatic carbocycles. The van der Waals surface area contributed by atoms with Crippen LogP contribution >= 0.6 is 0 Å². The summed E-state index contributed by atoms with van der Waals surface area (Å²) in [5, 5.41) is 0. The highest BCUT2D eigenvalue weighted by molar-refractivity contribution is 5.72. The van der Waals surface area contributed by atoms with E-state index in [4.69, 9.17) is 18.9 Å². The van der Waals surface area contributed by atoms with Crippen molar-refractivity contribution in [3.05, 3.63) is 117 Å². The summed E-state index contributed by atoms with van der Waals surface area (Å²) in [6.45, 7) is 7.77. The van der Waals surface area contributed by atoms with Gasteiger partial charge in [0.1, 0.15) is 23.0 Å². The van der Waals surface area contributed by atoms with Crippen molar-refractivity contribution >= 4 is 11.9 Å². The first-order valence-corrected chi connectivity index (χ1v) is 14.4. The van der Waals surface area contributed by atoms with Crippen molar-refractivity contribution in [1.82, 2.24) is 0 Å². The van der Waals surface area contributed by atoms with Crippen LogP contribution in [0.15, 0.2) is 72.8 Å². The number of esters is 2. The highest BCUT2D eigenvalue weighted by atomic mass is 16.5. The minimum absolute atomic E-state index is 0.368. The van der Waals surface area contributed by atoms with Gasteiger partial charge in [-0.25, -0.2) is 0 Å². The quantitative estimate of drug-likeness (QED) is 0.163. The lowest BCUT2D eigenvalue weighted by molar-refractivity contribution is -0.132. The molecular weight excluding hydrogens is 528 g/mol. The number of hydrogen-bond acceptors (Lipinski definition) is 6. The van der Waals surface area contributed by atoms with E-state index >= 15 is 0 Å². The predicted octanol–water partition coefficient (Wildman–Crippen LogP) is 7.01. The van der Waals surface area contributed by atoms with Crippen LogP contribution in [0.2, 0.25) is 0 Å². The van der Waals surface area contributed by atoms with Crippen LogP contribution in [0.25, 0.3) is 0 Å². The van der Waals surface area contributed by atoms with Crippen molar-refractivity contribution in [3.8, 4) is 23.0 Å². The van der Waals surface area contributed by atoms with Gasteiger partial charge < -0.3 is 18.9 Å². The number of fused-ring (bicyclic) bond motifs is 8. The van der Waals surface area contributed by atoms with Crippen LogP contribution in [0.3, 0.4) is 0 Å². The van der Waals surface area contributed by atoms with E-state index in [1.54, 1.807) is 0 Å². The van der Waals surface area contributed by atoms with Gasteiger partial charge in [0.05, 0.1) is 13.2 Å². The Hall–Kier alpha value is -4.58. The summed E-state index contributed by atoms with van der Waals surface area (Å²) in [6, 6.07) is 24.2. The predicted molar refractivity (Wildman–Crippen MR) is 162 cm³/mol. The van der Waals surface area contributed by atoms with E-state index in [1.807, 2.05) is 86.6 Å². The molecule has 0 unspecified atom stereocenters. The molecule has 0 saturated heterocycles. The summed E-state index contributed by atoms with van der Waals surface area (Å²) in [6.07, 6.45) is 2.04. The number of benzene rings is 4. The molecule has 0 aromatic heterocycles. The van der Waals surface area contributed by atoms with Gasteiger partial charge >= 0.3 is 11.9 Å². The zero-order valence-electron chi connectivity index (χ0n) is 24.6. The zero-order valence-corrected chi connectivity index (χ0v) is 24.6. The molecule has 216 valence electrons. The number of para-hydroxylation sites is 4. The van der Waals surface area contributed by atoms with Gasteiger partial charge in [0.25, 0.3) is 0 Å². The van der Waals surface area contributed by atoms with E-state index < -0.39 is 0 Å². The summed E-state index contributed by atoms with van der Waals surface area (Å²) in [7, 11) is 0. The average Bonchev–Trinajstić information content (AvgIpc) is 2.94. The number of rotatable bonds is 6. The van der Waals surface area contributed by atoms with E-state index in [0.29, 0.717) is 50.4 Å². The largest absolute Gasteiger partial charge is 0.493 e. The van der Waals surface area contributed by atoms with E-state index in [0.717, 1.165) is 56.0 Å². The molecule has 0 heterocycles. The van der Waals surface area contributed by atoms with Crippen molar-refractivity contribution in [2.75, 3.05) is 13.2 Å². The first kappa shape index (κ1) is 28.9. The Bertz CT molecular complexity index is 1410. The van der Waals surface area contributed by atoms with Crippen LogP contribution < -0.4 is 18.9 Å². The molecule has 6 heteroatoms. The monoisotopic (exact) mass is 564 g/mol. The van der Waals surface area contributed by atoms with Crippen LogP contribution in [0, 0.1) is 0 Å². The molecule has 4 aromatic rings. The smallest absolute Gasteiger partial charge is 0.308 e. The Kier molecular flexibility index (Phi) is 8.91. The fourth-order valence-electron chi connectivity index (χ4n) is 5.70. The van der Waals surface area contributed by atoms with E-state index in [2.05, 4.69) is 0 Å². The van der Waals surface area contributed by atoms with Gasteiger partial charge in [-0.05, 0) is 58.4 Å². The molecule has 1 aliphatic carbocycles. The van der Waals surface area contributed by atoms with Crippen LogP contribution in [0.5, 0.6) is 23.0 Å². The number of carbonyl (C=O) groups is 2. The molecule has 5 rings (SSSR count). The molecule has 0 aliphatic heterocycles. The summed E-state index contributed by atoms with van der Waals surface area (Å²) in [5.74, 6) is 1.98. The molecule has 1 aliphatic rings. The van der Waals surface area contributed by atoms with Crippen LogP contribution in [-0.4, -0.2) is 25.2 Å².